The largest absolute Gasteiger partial charge is 0.508 e. The van der Waals surface area contributed by atoms with Gasteiger partial charge in [-0.3, -0.25) is 0 Å². The molecule has 0 bridgehead atoms. The van der Waals surface area contributed by atoms with Crippen LogP contribution in [0.1, 0.15) is 5.56 Å². The van der Waals surface area contributed by atoms with Crippen LogP contribution in [0.25, 0.3) is 0 Å². The van der Waals surface area contributed by atoms with Crippen molar-refractivity contribution in [1.82, 2.24) is 0 Å². The van der Waals surface area contributed by atoms with Gasteiger partial charge in [0.1, 0.15) is 12.4 Å². The Morgan fingerprint density at radius 1 is 1.05 bits per heavy atom. The van der Waals surface area contributed by atoms with Crippen molar-refractivity contribution in [3.05, 3.63) is 53.8 Å². The molecule has 0 aliphatic carbocycles. The van der Waals surface area contributed by atoms with Gasteiger partial charge in [-0.05, 0) is 35.3 Å². The highest BCUT2D eigenvalue weighted by molar-refractivity contribution is 6.58. The number of halogens is 1. The summed E-state index contributed by atoms with van der Waals surface area (Å²) in [5.41, 5.74) is 0.911. The summed E-state index contributed by atoms with van der Waals surface area (Å²) in [6.45, 7) is 0.113. The van der Waals surface area contributed by atoms with Gasteiger partial charge in [-0.15, -0.1) is 0 Å². The van der Waals surface area contributed by atoms with E-state index < -0.39 is 12.9 Å². The van der Waals surface area contributed by atoms with Crippen LogP contribution in [-0.2, 0) is 6.61 Å². The number of phenolic OH excluding ortho intramolecular Hbond substituents is 1. The topological polar surface area (TPSA) is 69.9 Å². The van der Waals surface area contributed by atoms with Crippen molar-refractivity contribution in [1.29, 1.82) is 0 Å². The molecule has 0 aliphatic heterocycles. The minimum Gasteiger partial charge on any atom is -0.508 e. The van der Waals surface area contributed by atoms with Gasteiger partial charge in [-0.1, -0.05) is 18.2 Å². The third kappa shape index (κ3) is 3.46. The Balaban J connectivity index is 2.10. The molecule has 0 radical (unpaired) electrons. The summed E-state index contributed by atoms with van der Waals surface area (Å²) in [6, 6.07) is 9.93. The quantitative estimate of drug-likeness (QED) is 0.712. The summed E-state index contributed by atoms with van der Waals surface area (Å²) >= 11 is 0. The van der Waals surface area contributed by atoms with E-state index in [4.69, 9.17) is 19.9 Å². The van der Waals surface area contributed by atoms with E-state index in [1.807, 2.05) is 0 Å². The van der Waals surface area contributed by atoms with E-state index in [0.717, 1.165) is 11.6 Å². The molecule has 0 saturated carbocycles. The van der Waals surface area contributed by atoms with Gasteiger partial charge in [0.05, 0.1) is 0 Å². The number of rotatable bonds is 4. The molecule has 4 nitrogen and oxygen atoms in total. The molecule has 2 rings (SSSR count). The highest BCUT2D eigenvalue weighted by atomic mass is 19.1. The minimum atomic E-state index is -1.67. The van der Waals surface area contributed by atoms with E-state index in [0.29, 0.717) is 0 Å². The number of aromatic hydroxyl groups is 1. The summed E-state index contributed by atoms with van der Waals surface area (Å²) < 4.78 is 18.7. The van der Waals surface area contributed by atoms with Gasteiger partial charge in [0, 0.05) is 0 Å². The smallest absolute Gasteiger partial charge is 0.488 e. The van der Waals surface area contributed by atoms with Crippen molar-refractivity contribution < 1.29 is 24.3 Å². The summed E-state index contributed by atoms with van der Waals surface area (Å²) in [4.78, 5) is 0. The van der Waals surface area contributed by atoms with Gasteiger partial charge in [-0.25, -0.2) is 4.39 Å². The summed E-state index contributed by atoms with van der Waals surface area (Å²) in [5, 5.41) is 27.1. The molecule has 0 spiro atoms. The summed E-state index contributed by atoms with van der Waals surface area (Å²) in [6.07, 6.45) is 0. The van der Waals surface area contributed by atoms with Crippen LogP contribution in [0, 0.1) is 5.82 Å². The number of hydrogen-bond donors (Lipinski definition) is 3. The van der Waals surface area contributed by atoms with E-state index in [-0.39, 0.29) is 23.6 Å². The first-order valence-electron chi connectivity index (χ1n) is 5.62. The zero-order chi connectivity index (χ0) is 13.8. The lowest BCUT2D eigenvalue weighted by atomic mass is 9.80. The molecule has 0 aliphatic rings. The Morgan fingerprint density at radius 2 is 1.74 bits per heavy atom. The predicted molar refractivity (Wildman–Crippen MR) is 68.7 cm³/mol. The molecule has 98 valence electrons. The monoisotopic (exact) mass is 262 g/mol. The van der Waals surface area contributed by atoms with Crippen molar-refractivity contribution >= 4 is 12.6 Å². The van der Waals surface area contributed by atoms with Gasteiger partial charge in [-0.2, -0.15) is 0 Å². The lowest BCUT2D eigenvalue weighted by Crippen LogP contribution is -2.29. The molecule has 0 unspecified atom stereocenters. The maximum atomic E-state index is 13.5. The molecular formula is C13H12BFO4. The molecule has 0 fully saturated rings. The van der Waals surface area contributed by atoms with Crippen LogP contribution in [0.3, 0.4) is 0 Å². The van der Waals surface area contributed by atoms with Crippen LogP contribution in [0.5, 0.6) is 11.5 Å². The lowest BCUT2D eigenvalue weighted by molar-refractivity contribution is 0.290. The van der Waals surface area contributed by atoms with Gasteiger partial charge < -0.3 is 19.9 Å². The van der Waals surface area contributed by atoms with E-state index >= 15 is 0 Å². The average molecular weight is 262 g/mol. The maximum Gasteiger partial charge on any atom is 0.488 e. The molecule has 3 N–H and O–H groups in total. The van der Waals surface area contributed by atoms with Crippen molar-refractivity contribution in [2.24, 2.45) is 0 Å². The second kappa shape index (κ2) is 5.73. The first-order valence-corrected chi connectivity index (χ1v) is 5.62. The van der Waals surface area contributed by atoms with Crippen LogP contribution in [0.4, 0.5) is 4.39 Å². The third-order valence-corrected chi connectivity index (χ3v) is 2.58. The SMILES string of the molecule is OB(O)c1ccc(F)c(OCc2ccc(O)cc2)c1. The van der Waals surface area contributed by atoms with Crippen LogP contribution >= 0.6 is 0 Å². The maximum absolute atomic E-state index is 13.5. The number of benzene rings is 2. The summed E-state index contributed by atoms with van der Waals surface area (Å²) in [7, 11) is -1.67. The fraction of sp³-hybridized carbons (Fsp3) is 0.0769. The fourth-order valence-corrected chi connectivity index (χ4v) is 1.54. The Kier molecular flexibility index (Phi) is 4.04. The van der Waals surface area contributed by atoms with Gasteiger partial charge >= 0.3 is 7.12 Å². The van der Waals surface area contributed by atoms with Crippen LogP contribution < -0.4 is 10.2 Å². The standard InChI is InChI=1S/C13H12BFO4/c15-12-6-3-10(14(17)18)7-13(12)19-8-9-1-4-11(16)5-2-9/h1-7,16-18H,8H2. The lowest BCUT2D eigenvalue weighted by Gasteiger charge is -2.09. The van der Waals surface area contributed by atoms with E-state index in [9.17, 15) is 4.39 Å². The second-order valence-corrected chi connectivity index (χ2v) is 4.02. The second-order valence-electron chi connectivity index (χ2n) is 4.02. The first kappa shape index (κ1) is 13.4. The first-order chi connectivity index (χ1) is 9.06. The minimum absolute atomic E-state index is 0.0568. The highest BCUT2D eigenvalue weighted by Gasteiger charge is 2.14. The molecule has 0 aromatic heterocycles. The van der Waals surface area contributed by atoms with Crippen molar-refractivity contribution in [3.63, 3.8) is 0 Å². The molecule has 2 aromatic rings. The Hall–Kier alpha value is -2.05. The van der Waals surface area contributed by atoms with Crippen molar-refractivity contribution in [3.8, 4) is 11.5 Å². The summed E-state index contributed by atoms with van der Waals surface area (Å²) in [5.74, 6) is -0.498. The molecule has 2 aromatic carbocycles. The molecule has 0 atom stereocenters. The number of ether oxygens (including phenoxy) is 1. The van der Waals surface area contributed by atoms with Gasteiger partial charge in [0.25, 0.3) is 0 Å². The number of phenols is 1. The zero-order valence-corrected chi connectivity index (χ0v) is 9.95. The molecule has 6 heteroatoms. The predicted octanol–water partition coefficient (Wildman–Crippen LogP) is 0.790. The Morgan fingerprint density at radius 3 is 2.37 bits per heavy atom. The van der Waals surface area contributed by atoms with Crippen molar-refractivity contribution in [2.45, 2.75) is 6.61 Å². The van der Waals surface area contributed by atoms with E-state index in [1.165, 1.54) is 24.3 Å². The highest BCUT2D eigenvalue weighted by Crippen LogP contribution is 2.17. The Bertz CT molecular complexity index is 557. The molecule has 19 heavy (non-hydrogen) atoms. The third-order valence-electron chi connectivity index (χ3n) is 2.58. The molecule has 0 heterocycles. The van der Waals surface area contributed by atoms with Gasteiger partial charge in [0.2, 0.25) is 0 Å². The van der Waals surface area contributed by atoms with Crippen LogP contribution in [0.2, 0.25) is 0 Å². The Labute approximate surface area is 109 Å². The van der Waals surface area contributed by atoms with Crippen molar-refractivity contribution in [2.75, 3.05) is 0 Å². The zero-order valence-electron chi connectivity index (χ0n) is 9.95. The fourth-order valence-electron chi connectivity index (χ4n) is 1.54. The van der Waals surface area contributed by atoms with Gasteiger partial charge in [0.15, 0.2) is 11.6 Å². The molecular weight excluding hydrogens is 250 g/mol. The van der Waals surface area contributed by atoms with Crippen LogP contribution in [0.15, 0.2) is 42.5 Å². The molecule has 0 saturated heterocycles. The molecule has 0 amide bonds. The number of hydrogen-bond acceptors (Lipinski definition) is 4. The van der Waals surface area contributed by atoms with E-state index in [1.54, 1.807) is 12.1 Å². The normalized spacial score (nSPS) is 10.3. The van der Waals surface area contributed by atoms with Crippen LogP contribution in [-0.4, -0.2) is 22.3 Å². The van der Waals surface area contributed by atoms with E-state index in [2.05, 4.69) is 0 Å². The average Bonchev–Trinajstić information content (AvgIpc) is 2.39.